The van der Waals surface area contributed by atoms with Gasteiger partial charge in [-0.3, -0.25) is 0 Å². The molecule has 2 aromatic rings. The number of rotatable bonds is 6. The Bertz CT molecular complexity index is 647. The van der Waals surface area contributed by atoms with Crippen LogP contribution in [0.3, 0.4) is 0 Å². The maximum absolute atomic E-state index is 13.0. The summed E-state index contributed by atoms with van der Waals surface area (Å²) < 4.78 is 23.9. The van der Waals surface area contributed by atoms with E-state index in [4.69, 9.17) is 9.47 Å². The number of ether oxygens (including phenoxy) is 2. The van der Waals surface area contributed by atoms with Gasteiger partial charge in [0.25, 0.3) is 0 Å². The molecule has 0 unspecified atom stereocenters. The number of nitrogens with zero attached hydrogens (tertiary/aromatic N) is 3. The normalized spacial score (nSPS) is 16.0. The van der Waals surface area contributed by atoms with Crippen molar-refractivity contribution >= 4 is 11.6 Å². The van der Waals surface area contributed by atoms with Crippen molar-refractivity contribution in [3.8, 4) is 0 Å². The van der Waals surface area contributed by atoms with Crippen molar-refractivity contribution in [3.63, 3.8) is 0 Å². The van der Waals surface area contributed by atoms with Crippen molar-refractivity contribution in [1.29, 1.82) is 0 Å². The minimum absolute atomic E-state index is 0.188. The lowest BCUT2D eigenvalue weighted by Crippen LogP contribution is -2.36. The first-order chi connectivity index (χ1) is 11.8. The quantitative estimate of drug-likeness (QED) is 0.875. The minimum atomic E-state index is -0.257. The van der Waals surface area contributed by atoms with Crippen LogP contribution in [-0.4, -0.2) is 49.9 Å². The molecule has 0 amide bonds. The van der Waals surface area contributed by atoms with Crippen molar-refractivity contribution in [3.05, 3.63) is 48.0 Å². The highest BCUT2D eigenvalue weighted by molar-refractivity contribution is 5.48. The Morgan fingerprint density at radius 3 is 2.71 bits per heavy atom. The average molecular weight is 332 g/mol. The molecule has 1 aromatic carbocycles. The molecule has 1 saturated heterocycles. The van der Waals surface area contributed by atoms with Gasteiger partial charge in [0.15, 0.2) is 0 Å². The van der Waals surface area contributed by atoms with E-state index in [0.29, 0.717) is 19.8 Å². The van der Waals surface area contributed by atoms with Crippen molar-refractivity contribution in [2.24, 2.45) is 0 Å². The first kappa shape index (κ1) is 16.6. The molecule has 1 aliphatic heterocycles. The summed E-state index contributed by atoms with van der Waals surface area (Å²) in [5, 5.41) is 3.26. The highest BCUT2D eigenvalue weighted by Crippen LogP contribution is 2.19. The van der Waals surface area contributed by atoms with Crippen LogP contribution in [0, 0.1) is 5.82 Å². The van der Waals surface area contributed by atoms with E-state index in [-0.39, 0.29) is 11.9 Å². The summed E-state index contributed by atoms with van der Waals surface area (Å²) in [5.41, 5.74) is 0.911. The van der Waals surface area contributed by atoms with E-state index < -0.39 is 0 Å². The van der Waals surface area contributed by atoms with Crippen LogP contribution in [0.15, 0.2) is 36.7 Å². The van der Waals surface area contributed by atoms with E-state index in [9.17, 15) is 4.39 Å². The molecule has 1 fully saturated rings. The Morgan fingerprint density at radius 2 is 2.00 bits per heavy atom. The van der Waals surface area contributed by atoms with Gasteiger partial charge in [0.1, 0.15) is 23.8 Å². The van der Waals surface area contributed by atoms with Gasteiger partial charge >= 0.3 is 0 Å². The summed E-state index contributed by atoms with van der Waals surface area (Å²) >= 11 is 0. The molecule has 1 aromatic heterocycles. The lowest BCUT2D eigenvalue weighted by atomic mass is 10.1. The molecule has 0 aliphatic carbocycles. The Balaban J connectivity index is 1.63. The Hall–Kier alpha value is -2.25. The number of anilines is 2. The molecular formula is C17H21FN4O2. The maximum Gasteiger partial charge on any atom is 0.134 e. The van der Waals surface area contributed by atoms with Crippen LogP contribution < -0.4 is 10.2 Å². The number of benzene rings is 1. The molecule has 3 rings (SSSR count). The molecule has 0 spiro atoms. The zero-order valence-electron chi connectivity index (χ0n) is 13.6. The molecule has 0 bridgehead atoms. The second kappa shape index (κ2) is 8.03. The molecule has 2 heterocycles. The second-order valence-electron chi connectivity index (χ2n) is 5.52. The Morgan fingerprint density at radius 1 is 1.25 bits per heavy atom. The topological polar surface area (TPSA) is 59.5 Å². The largest absolute Gasteiger partial charge is 0.378 e. The third-order valence-electron chi connectivity index (χ3n) is 3.98. The molecule has 1 aliphatic rings. The average Bonchev–Trinajstić information content (AvgIpc) is 2.64. The number of nitrogens with one attached hydrogen (secondary N) is 1. The fourth-order valence-electron chi connectivity index (χ4n) is 2.62. The van der Waals surface area contributed by atoms with E-state index >= 15 is 0 Å². The van der Waals surface area contributed by atoms with E-state index in [0.717, 1.165) is 30.3 Å². The molecule has 7 heteroatoms. The fourth-order valence-corrected chi connectivity index (χ4v) is 2.62. The summed E-state index contributed by atoms with van der Waals surface area (Å²) in [5.74, 6) is 1.36. The minimum Gasteiger partial charge on any atom is -0.378 e. The van der Waals surface area contributed by atoms with Gasteiger partial charge in [-0.2, -0.15) is 0 Å². The molecule has 1 N–H and O–H groups in total. The van der Waals surface area contributed by atoms with Crippen molar-refractivity contribution < 1.29 is 13.9 Å². The molecule has 0 saturated carbocycles. The van der Waals surface area contributed by atoms with Gasteiger partial charge in [0.05, 0.1) is 19.3 Å². The Kier molecular flexibility index (Phi) is 5.55. The van der Waals surface area contributed by atoms with Gasteiger partial charge in [-0.25, -0.2) is 14.4 Å². The number of hydrogen-bond donors (Lipinski definition) is 1. The number of halogens is 1. The van der Waals surface area contributed by atoms with Gasteiger partial charge in [-0.05, 0) is 17.7 Å². The molecule has 128 valence electrons. The van der Waals surface area contributed by atoms with Crippen LogP contribution in [0.5, 0.6) is 0 Å². The van der Waals surface area contributed by atoms with Crippen molar-refractivity contribution in [2.45, 2.75) is 6.10 Å². The van der Waals surface area contributed by atoms with Gasteiger partial charge in [0, 0.05) is 32.8 Å². The summed E-state index contributed by atoms with van der Waals surface area (Å²) in [6.07, 6.45) is 1.36. The SMILES string of the molecule is CO[C@@H](CNc1cc(N2CCOCC2)ncn1)c1ccc(F)cc1. The van der Waals surface area contributed by atoms with Crippen molar-refractivity contribution in [2.75, 3.05) is 50.2 Å². The predicted molar refractivity (Wildman–Crippen MR) is 89.7 cm³/mol. The monoisotopic (exact) mass is 332 g/mol. The highest BCUT2D eigenvalue weighted by Gasteiger charge is 2.14. The van der Waals surface area contributed by atoms with Crippen LogP contribution in [-0.2, 0) is 9.47 Å². The van der Waals surface area contributed by atoms with Crippen LogP contribution in [0.1, 0.15) is 11.7 Å². The first-order valence-electron chi connectivity index (χ1n) is 7.93. The van der Waals surface area contributed by atoms with Crippen LogP contribution in [0.2, 0.25) is 0 Å². The molecule has 6 nitrogen and oxygen atoms in total. The third kappa shape index (κ3) is 4.18. The second-order valence-corrected chi connectivity index (χ2v) is 5.52. The number of methoxy groups -OCH3 is 1. The highest BCUT2D eigenvalue weighted by atomic mass is 19.1. The number of aromatic nitrogens is 2. The molecular weight excluding hydrogens is 311 g/mol. The first-order valence-corrected chi connectivity index (χ1v) is 7.93. The maximum atomic E-state index is 13.0. The summed E-state index contributed by atoms with van der Waals surface area (Å²) in [6, 6.07) is 8.24. The zero-order valence-corrected chi connectivity index (χ0v) is 13.6. The smallest absolute Gasteiger partial charge is 0.134 e. The van der Waals surface area contributed by atoms with Gasteiger partial charge in [-0.15, -0.1) is 0 Å². The standard InChI is InChI=1S/C17H21FN4O2/c1-23-15(13-2-4-14(18)5-3-13)11-19-16-10-17(21-12-20-16)22-6-8-24-9-7-22/h2-5,10,12,15H,6-9,11H2,1H3,(H,19,20,21)/t15-/m0/s1. The van der Waals surface area contributed by atoms with Crippen LogP contribution in [0.25, 0.3) is 0 Å². The summed E-state index contributed by atoms with van der Waals surface area (Å²) in [7, 11) is 1.63. The number of hydrogen-bond acceptors (Lipinski definition) is 6. The summed E-state index contributed by atoms with van der Waals surface area (Å²) in [6.45, 7) is 3.60. The third-order valence-corrected chi connectivity index (χ3v) is 3.98. The van der Waals surface area contributed by atoms with Gasteiger partial charge in [-0.1, -0.05) is 12.1 Å². The fraction of sp³-hybridized carbons (Fsp3) is 0.412. The molecule has 1 atom stereocenters. The van der Waals surface area contributed by atoms with E-state index in [2.05, 4.69) is 20.2 Å². The number of morpholine rings is 1. The van der Waals surface area contributed by atoms with E-state index in [1.54, 1.807) is 25.6 Å². The molecule has 24 heavy (non-hydrogen) atoms. The zero-order chi connectivity index (χ0) is 16.8. The lowest BCUT2D eigenvalue weighted by Gasteiger charge is -2.27. The van der Waals surface area contributed by atoms with Crippen molar-refractivity contribution in [1.82, 2.24) is 9.97 Å². The van der Waals surface area contributed by atoms with Gasteiger partial charge < -0.3 is 19.7 Å². The lowest BCUT2D eigenvalue weighted by molar-refractivity contribution is 0.114. The molecule has 0 radical (unpaired) electrons. The van der Waals surface area contributed by atoms with E-state index in [1.165, 1.54) is 12.1 Å². The van der Waals surface area contributed by atoms with Crippen LogP contribution >= 0.6 is 0 Å². The predicted octanol–water partition coefficient (Wildman–Crippen LogP) is 2.25. The van der Waals surface area contributed by atoms with Crippen LogP contribution in [0.4, 0.5) is 16.0 Å². The summed E-state index contributed by atoms with van der Waals surface area (Å²) in [4.78, 5) is 10.7. The van der Waals surface area contributed by atoms with Gasteiger partial charge in [0.2, 0.25) is 0 Å². The van der Waals surface area contributed by atoms with E-state index in [1.807, 2.05) is 6.07 Å². The Labute approximate surface area is 140 Å².